The zero-order valence-corrected chi connectivity index (χ0v) is 11.7. The van der Waals surface area contributed by atoms with E-state index in [-0.39, 0.29) is 11.5 Å². The fourth-order valence-electron chi connectivity index (χ4n) is 1.89. The summed E-state index contributed by atoms with van der Waals surface area (Å²) in [5.74, 6) is -0.406. The lowest BCUT2D eigenvalue weighted by molar-refractivity contribution is 0.0694. The van der Waals surface area contributed by atoms with Crippen molar-refractivity contribution in [2.24, 2.45) is 0 Å². The highest BCUT2D eigenvalue weighted by Crippen LogP contribution is 2.33. The topological polar surface area (TPSA) is 50.4 Å². The van der Waals surface area contributed by atoms with Crippen LogP contribution in [0.3, 0.4) is 0 Å². The van der Waals surface area contributed by atoms with Gasteiger partial charge in [-0.3, -0.25) is 0 Å². The third-order valence-corrected chi connectivity index (χ3v) is 3.19. The lowest BCUT2D eigenvalue weighted by Crippen LogP contribution is -2.02. The van der Waals surface area contributed by atoms with Gasteiger partial charge in [0.05, 0.1) is 6.26 Å². The number of rotatable bonds is 3. The van der Waals surface area contributed by atoms with Crippen LogP contribution in [-0.4, -0.2) is 11.1 Å². The third kappa shape index (κ3) is 2.34. The number of aromatic carboxylic acids is 1. The summed E-state index contributed by atoms with van der Waals surface area (Å²) in [5, 5.41) is 9.34. The van der Waals surface area contributed by atoms with Gasteiger partial charge in [-0.05, 0) is 17.7 Å². The van der Waals surface area contributed by atoms with Crippen molar-refractivity contribution in [1.29, 1.82) is 0 Å². The highest BCUT2D eigenvalue weighted by Gasteiger charge is 2.23. The molecule has 0 bridgehead atoms. The smallest absolute Gasteiger partial charge is 0.339 e. The first kappa shape index (κ1) is 12.9. The predicted molar refractivity (Wildman–Crippen MR) is 72.9 cm³/mol. The molecule has 0 aliphatic heterocycles. The van der Waals surface area contributed by atoms with Crippen molar-refractivity contribution in [3.8, 4) is 11.1 Å². The van der Waals surface area contributed by atoms with Crippen molar-refractivity contribution in [2.75, 3.05) is 0 Å². The number of halogens is 1. The van der Waals surface area contributed by atoms with E-state index in [1.165, 1.54) is 6.26 Å². The SMILES string of the molecule is CC(C)c1occ(-c2cccc(Br)c2)c1C(=O)O. The summed E-state index contributed by atoms with van der Waals surface area (Å²) in [6.45, 7) is 3.83. The summed E-state index contributed by atoms with van der Waals surface area (Å²) < 4.78 is 6.32. The van der Waals surface area contributed by atoms with E-state index in [1.54, 1.807) is 0 Å². The number of hydrogen-bond donors (Lipinski definition) is 1. The Morgan fingerprint density at radius 1 is 1.39 bits per heavy atom. The van der Waals surface area contributed by atoms with E-state index < -0.39 is 5.97 Å². The summed E-state index contributed by atoms with van der Waals surface area (Å²) in [4.78, 5) is 11.4. The summed E-state index contributed by atoms with van der Waals surface area (Å²) in [6, 6.07) is 7.51. The van der Waals surface area contributed by atoms with Crippen LogP contribution in [-0.2, 0) is 0 Å². The Morgan fingerprint density at radius 3 is 2.67 bits per heavy atom. The fourth-order valence-corrected chi connectivity index (χ4v) is 2.29. The van der Waals surface area contributed by atoms with Crippen molar-refractivity contribution in [3.63, 3.8) is 0 Å². The molecule has 2 rings (SSSR count). The van der Waals surface area contributed by atoms with Gasteiger partial charge in [0, 0.05) is 16.0 Å². The third-order valence-electron chi connectivity index (χ3n) is 2.69. The lowest BCUT2D eigenvalue weighted by Gasteiger charge is -2.04. The summed E-state index contributed by atoms with van der Waals surface area (Å²) in [5.41, 5.74) is 1.70. The Kier molecular flexibility index (Phi) is 3.57. The van der Waals surface area contributed by atoms with Crippen LogP contribution in [0.15, 0.2) is 39.4 Å². The highest BCUT2D eigenvalue weighted by atomic mass is 79.9. The molecule has 0 aliphatic rings. The molecule has 18 heavy (non-hydrogen) atoms. The monoisotopic (exact) mass is 308 g/mol. The largest absolute Gasteiger partial charge is 0.478 e. The van der Waals surface area contributed by atoms with E-state index in [1.807, 2.05) is 38.1 Å². The molecule has 0 radical (unpaired) electrons. The molecule has 1 aromatic heterocycles. The first-order chi connectivity index (χ1) is 8.50. The Labute approximate surface area is 114 Å². The van der Waals surface area contributed by atoms with Gasteiger partial charge < -0.3 is 9.52 Å². The van der Waals surface area contributed by atoms with Crippen LogP contribution in [0, 0.1) is 0 Å². The van der Waals surface area contributed by atoms with Crippen molar-refractivity contribution in [3.05, 3.63) is 46.3 Å². The minimum atomic E-state index is -0.956. The van der Waals surface area contributed by atoms with Crippen LogP contribution in [0.1, 0.15) is 35.9 Å². The van der Waals surface area contributed by atoms with Gasteiger partial charge in [-0.15, -0.1) is 0 Å². The second kappa shape index (κ2) is 4.98. The van der Waals surface area contributed by atoms with E-state index in [0.717, 1.165) is 10.0 Å². The summed E-state index contributed by atoms with van der Waals surface area (Å²) >= 11 is 3.38. The highest BCUT2D eigenvalue weighted by molar-refractivity contribution is 9.10. The number of benzene rings is 1. The summed E-state index contributed by atoms with van der Waals surface area (Å²) in [7, 11) is 0. The maximum absolute atomic E-state index is 11.4. The zero-order valence-electron chi connectivity index (χ0n) is 10.1. The average Bonchev–Trinajstić information content (AvgIpc) is 2.73. The van der Waals surface area contributed by atoms with Crippen LogP contribution >= 0.6 is 15.9 Å². The molecule has 2 aromatic rings. The Bertz CT molecular complexity index is 584. The van der Waals surface area contributed by atoms with E-state index >= 15 is 0 Å². The first-order valence-electron chi connectivity index (χ1n) is 5.61. The first-order valence-corrected chi connectivity index (χ1v) is 6.40. The molecule has 1 aromatic carbocycles. The fraction of sp³-hybridized carbons (Fsp3) is 0.214. The molecule has 94 valence electrons. The molecular weight excluding hydrogens is 296 g/mol. The Morgan fingerprint density at radius 2 is 2.11 bits per heavy atom. The van der Waals surface area contributed by atoms with Crippen LogP contribution < -0.4 is 0 Å². The molecule has 0 aliphatic carbocycles. The molecular formula is C14H13BrO3. The maximum Gasteiger partial charge on any atom is 0.339 e. The molecule has 1 N–H and O–H groups in total. The Hall–Kier alpha value is -1.55. The molecule has 0 fully saturated rings. The van der Waals surface area contributed by atoms with Crippen molar-refractivity contribution in [1.82, 2.24) is 0 Å². The number of carboxylic acids is 1. The molecule has 0 amide bonds. The molecule has 3 nitrogen and oxygen atoms in total. The number of carbonyl (C=O) groups is 1. The molecule has 4 heteroatoms. The number of carboxylic acid groups (broad SMARTS) is 1. The number of furan rings is 1. The standard InChI is InChI=1S/C14H13BrO3/c1-8(2)13-12(14(16)17)11(7-18-13)9-4-3-5-10(15)6-9/h3-8H,1-2H3,(H,16,17). The summed E-state index contributed by atoms with van der Waals surface area (Å²) in [6.07, 6.45) is 1.51. The van der Waals surface area contributed by atoms with Gasteiger partial charge >= 0.3 is 5.97 Å². The second-order valence-corrected chi connectivity index (χ2v) is 5.27. The van der Waals surface area contributed by atoms with Crippen molar-refractivity contribution in [2.45, 2.75) is 19.8 Å². The van der Waals surface area contributed by atoms with Gasteiger partial charge in [0.2, 0.25) is 0 Å². The second-order valence-electron chi connectivity index (χ2n) is 4.36. The van der Waals surface area contributed by atoms with Crippen molar-refractivity contribution >= 4 is 21.9 Å². The molecule has 0 atom stereocenters. The molecule has 0 unspecified atom stereocenters. The van der Waals surface area contributed by atoms with Gasteiger partial charge in [0.15, 0.2) is 0 Å². The van der Waals surface area contributed by atoms with Gasteiger partial charge in [-0.2, -0.15) is 0 Å². The molecule has 1 heterocycles. The van der Waals surface area contributed by atoms with Crippen LogP contribution in [0.2, 0.25) is 0 Å². The zero-order chi connectivity index (χ0) is 13.3. The number of hydrogen-bond acceptors (Lipinski definition) is 2. The van der Waals surface area contributed by atoms with E-state index in [0.29, 0.717) is 11.3 Å². The Balaban J connectivity index is 2.62. The molecule has 0 saturated carbocycles. The quantitative estimate of drug-likeness (QED) is 0.906. The van der Waals surface area contributed by atoms with Crippen LogP contribution in [0.5, 0.6) is 0 Å². The van der Waals surface area contributed by atoms with Gasteiger partial charge in [-0.25, -0.2) is 4.79 Å². The van der Waals surface area contributed by atoms with Crippen LogP contribution in [0.25, 0.3) is 11.1 Å². The minimum Gasteiger partial charge on any atom is -0.478 e. The normalized spacial score (nSPS) is 10.9. The van der Waals surface area contributed by atoms with E-state index in [9.17, 15) is 9.90 Å². The predicted octanol–water partition coefficient (Wildman–Crippen LogP) is 4.53. The van der Waals surface area contributed by atoms with Crippen LogP contribution in [0.4, 0.5) is 0 Å². The van der Waals surface area contributed by atoms with E-state index in [2.05, 4.69) is 15.9 Å². The maximum atomic E-state index is 11.4. The average molecular weight is 309 g/mol. The minimum absolute atomic E-state index is 0.0389. The molecule has 0 spiro atoms. The van der Waals surface area contributed by atoms with Gasteiger partial charge in [0.25, 0.3) is 0 Å². The lowest BCUT2D eigenvalue weighted by atomic mass is 9.99. The molecule has 0 saturated heterocycles. The van der Waals surface area contributed by atoms with Crippen molar-refractivity contribution < 1.29 is 14.3 Å². The van der Waals surface area contributed by atoms with E-state index in [4.69, 9.17) is 4.42 Å². The van der Waals surface area contributed by atoms with Gasteiger partial charge in [-0.1, -0.05) is 41.9 Å². The van der Waals surface area contributed by atoms with Gasteiger partial charge in [0.1, 0.15) is 11.3 Å².